The third kappa shape index (κ3) is 6.29. The lowest BCUT2D eigenvalue weighted by Gasteiger charge is -2.35. The highest BCUT2D eigenvalue weighted by atomic mass is 127. The lowest BCUT2D eigenvalue weighted by molar-refractivity contribution is -0.120. The van der Waals surface area contributed by atoms with Crippen LogP contribution >= 0.6 is 24.0 Å². The first kappa shape index (κ1) is 23.9. The van der Waals surface area contributed by atoms with Crippen LogP contribution in [0.15, 0.2) is 17.4 Å². The van der Waals surface area contributed by atoms with Crippen molar-refractivity contribution in [1.82, 2.24) is 24.9 Å². The van der Waals surface area contributed by atoms with Crippen molar-refractivity contribution in [3.05, 3.63) is 12.4 Å². The van der Waals surface area contributed by atoms with Crippen LogP contribution in [0.1, 0.15) is 19.8 Å². The molecule has 0 spiro atoms. The Kier molecular flexibility index (Phi) is 9.63. The summed E-state index contributed by atoms with van der Waals surface area (Å²) < 4.78 is 6.94. The van der Waals surface area contributed by atoms with E-state index < -0.39 is 0 Å². The topological polar surface area (TPSA) is 78.2 Å². The Balaban J connectivity index is 0.00000300. The molecule has 2 fully saturated rings. The number of methoxy groups -OCH3 is 1. The maximum Gasteiger partial charge on any atom is 0.246 e. The smallest absolute Gasteiger partial charge is 0.246 e. The van der Waals surface area contributed by atoms with Crippen molar-refractivity contribution in [3.8, 4) is 0 Å². The van der Waals surface area contributed by atoms with Gasteiger partial charge in [0.2, 0.25) is 5.91 Å². The van der Waals surface area contributed by atoms with Crippen molar-refractivity contribution < 1.29 is 9.53 Å². The molecule has 9 nitrogen and oxygen atoms in total. The Bertz CT molecular complexity index is 681. The van der Waals surface area contributed by atoms with Gasteiger partial charge < -0.3 is 19.9 Å². The molecule has 2 aliphatic rings. The summed E-state index contributed by atoms with van der Waals surface area (Å²) in [5.41, 5.74) is 0.855. The number of nitrogens with zero attached hydrogens (tertiary/aromatic N) is 6. The SMILES string of the molecule is CCNC(=NCC1CCCN1CCOC)N1CCN(c2cnn(C)c2)C(=O)C1.I. The number of likely N-dealkylation sites (tertiary alicyclic amines) is 1. The minimum absolute atomic E-state index is 0. The molecule has 3 rings (SSSR count). The highest BCUT2D eigenvalue weighted by Gasteiger charge is 2.28. The number of amides is 1. The second-order valence-electron chi connectivity index (χ2n) is 7.36. The molecule has 1 unspecified atom stereocenters. The number of anilines is 1. The van der Waals surface area contributed by atoms with Crippen LogP contribution in [-0.4, -0.2) is 97.0 Å². The van der Waals surface area contributed by atoms with E-state index in [9.17, 15) is 4.79 Å². The van der Waals surface area contributed by atoms with Crippen molar-refractivity contribution in [2.24, 2.45) is 12.0 Å². The summed E-state index contributed by atoms with van der Waals surface area (Å²) >= 11 is 0. The molecule has 10 heteroatoms. The summed E-state index contributed by atoms with van der Waals surface area (Å²) in [5.74, 6) is 0.910. The summed E-state index contributed by atoms with van der Waals surface area (Å²) in [6.07, 6.45) is 5.99. The lowest BCUT2D eigenvalue weighted by atomic mass is 10.2. The molecule has 0 radical (unpaired) electrons. The van der Waals surface area contributed by atoms with Crippen molar-refractivity contribution >= 4 is 41.5 Å². The number of hydrogen-bond donors (Lipinski definition) is 1. The summed E-state index contributed by atoms with van der Waals surface area (Å²) in [6.45, 7) is 8.14. The average molecular weight is 519 g/mol. The van der Waals surface area contributed by atoms with Crippen LogP contribution in [0.5, 0.6) is 0 Å². The van der Waals surface area contributed by atoms with E-state index in [0.29, 0.717) is 19.1 Å². The highest BCUT2D eigenvalue weighted by molar-refractivity contribution is 14.0. The maximum absolute atomic E-state index is 12.7. The first-order valence-corrected chi connectivity index (χ1v) is 10.2. The third-order valence-electron chi connectivity index (χ3n) is 5.39. The number of carbonyl (C=O) groups is 1. The molecule has 1 aromatic heterocycles. The zero-order valence-electron chi connectivity index (χ0n) is 17.7. The van der Waals surface area contributed by atoms with E-state index in [1.165, 1.54) is 12.8 Å². The number of ether oxygens (including phenoxy) is 1. The monoisotopic (exact) mass is 519 g/mol. The van der Waals surface area contributed by atoms with Crippen molar-refractivity contribution in [3.63, 3.8) is 0 Å². The molecule has 0 aromatic carbocycles. The number of nitrogens with one attached hydrogen (secondary N) is 1. The number of hydrogen-bond acceptors (Lipinski definition) is 5. The number of halogens is 1. The first-order valence-electron chi connectivity index (χ1n) is 10.2. The van der Waals surface area contributed by atoms with Crippen molar-refractivity contribution in [2.45, 2.75) is 25.8 Å². The highest BCUT2D eigenvalue weighted by Crippen LogP contribution is 2.18. The van der Waals surface area contributed by atoms with Gasteiger partial charge in [-0.1, -0.05) is 0 Å². The van der Waals surface area contributed by atoms with E-state index in [1.807, 2.05) is 13.2 Å². The van der Waals surface area contributed by atoms with Gasteiger partial charge in [0, 0.05) is 52.6 Å². The number of piperazine rings is 1. The molecule has 3 heterocycles. The van der Waals surface area contributed by atoms with Gasteiger partial charge in [-0.2, -0.15) is 5.10 Å². The van der Waals surface area contributed by atoms with E-state index >= 15 is 0 Å². The molecule has 164 valence electrons. The number of aliphatic imine (C=N–C) groups is 1. The standard InChI is InChI=1S/C19H33N7O2.HI/c1-4-20-19(21-12-16-6-5-7-24(16)10-11-28-3)25-8-9-26(18(27)15-25)17-13-22-23(2)14-17;/h13-14,16H,4-12,15H2,1-3H3,(H,20,21);1H. The Labute approximate surface area is 190 Å². The van der Waals surface area contributed by atoms with Gasteiger partial charge in [0.05, 0.1) is 25.0 Å². The number of rotatable bonds is 7. The van der Waals surface area contributed by atoms with Gasteiger partial charge in [0.25, 0.3) is 0 Å². The number of aryl methyl sites for hydroxylation is 1. The van der Waals surface area contributed by atoms with Crippen LogP contribution in [-0.2, 0) is 16.6 Å². The van der Waals surface area contributed by atoms with Crippen LogP contribution in [0.25, 0.3) is 0 Å². The van der Waals surface area contributed by atoms with Crippen LogP contribution in [0.2, 0.25) is 0 Å². The minimum Gasteiger partial charge on any atom is -0.383 e. The fraction of sp³-hybridized carbons (Fsp3) is 0.737. The Morgan fingerprint density at radius 2 is 2.21 bits per heavy atom. The van der Waals surface area contributed by atoms with Crippen LogP contribution in [0.3, 0.4) is 0 Å². The zero-order chi connectivity index (χ0) is 19.9. The molecule has 1 aromatic rings. The number of aromatic nitrogens is 2. The molecule has 0 saturated carbocycles. The molecule has 1 N–H and O–H groups in total. The number of carbonyl (C=O) groups excluding carboxylic acids is 1. The summed E-state index contributed by atoms with van der Waals surface area (Å²) in [7, 11) is 3.60. The second kappa shape index (κ2) is 11.7. The molecule has 1 atom stereocenters. The maximum atomic E-state index is 12.7. The van der Waals surface area contributed by atoms with E-state index in [2.05, 4.69) is 27.1 Å². The Morgan fingerprint density at radius 1 is 1.38 bits per heavy atom. The van der Waals surface area contributed by atoms with Gasteiger partial charge in [-0.25, -0.2) is 0 Å². The molecule has 2 aliphatic heterocycles. The summed E-state index contributed by atoms with van der Waals surface area (Å²) in [4.78, 5) is 23.9. The predicted molar refractivity (Wildman–Crippen MR) is 125 cm³/mol. The summed E-state index contributed by atoms with van der Waals surface area (Å²) in [5, 5.41) is 7.53. The van der Waals surface area contributed by atoms with Gasteiger partial charge >= 0.3 is 0 Å². The second-order valence-corrected chi connectivity index (χ2v) is 7.36. The largest absolute Gasteiger partial charge is 0.383 e. The molecule has 29 heavy (non-hydrogen) atoms. The molecule has 0 bridgehead atoms. The van der Waals surface area contributed by atoms with E-state index in [4.69, 9.17) is 9.73 Å². The first-order chi connectivity index (χ1) is 13.6. The average Bonchev–Trinajstić information content (AvgIpc) is 3.32. The molecule has 2 saturated heterocycles. The van der Waals surface area contributed by atoms with Gasteiger partial charge in [0.1, 0.15) is 6.54 Å². The van der Waals surface area contributed by atoms with Gasteiger partial charge in [0.15, 0.2) is 5.96 Å². The normalized spacial score (nSPS) is 20.9. The van der Waals surface area contributed by atoms with Gasteiger partial charge in [-0.15, -0.1) is 24.0 Å². The van der Waals surface area contributed by atoms with Crippen LogP contribution < -0.4 is 10.2 Å². The lowest BCUT2D eigenvalue weighted by Crippen LogP contribution is -2.55. The molecule has 1 amide bonds. The fourth-order valence-corrected chi connectivity index (χ4v) is 3.90. The zero-order valence-corrected chi connectivity index (χ0v) is 20.0. The predicted octanol–water partition coefficient (Wildman–Crippen LogP) is 0.763. The summed E-state index contributed by atoms with van der Waals surface area (Å²) in [6, 6.07) is 0.455. The minimum atomic E-state index is 0. The molecule has 0 aliphatic carbocycles. The molecular weight excluding hydrogens is 485 g/mol. The third-order valence-corrected chi connectivity index (χ3v) is 5.39. The Morgan fingerprint density at radius 3 is 2.86 bits per heavy atom. The molecular formula is C19H34IN7O2. The van der Waals surface area contributed by atoms with Gasteiger partial charge in [-0.3, -0.25) is 19.4 Å². The Hall–Kier alpha value is -1.40. The van der Waals surface area contributed by atoms with Crippen LogP contribution in [0.4, 0.5) is 5.69 Å². The van der Waals surface area contributed by atoms with E-state index in [-0.39, 0.29) is 29.9 Å². The van der Waals surface area contributed by atoms with Gasteiger partial charge in [-0.05, 0) is 26.3 Å². The quantitative estimate of drug-likeness (QED) is 0.326. The van der Waals surface area contributed by atoms with Crippen molar-refractivity contribution in [1.29, 1.82) is 0 Å². The number of guanidine groups is 1. The van der Waals surface area contributed by atoms with Crippen LogP contribution in [0, 0.1) is 0 Å². The van der Waals surface area contributed by atoms with E-state index in [1.54, 1.807) is 22.9 Å². The van der Waals surface area contributed by atoms with E-state index in [0.717, 1.165) is 51.0 Å². The van der Waals surface area contributed by atoms with Crippen molar-refractivity contribution in [2.75, 3.05) is 64.4 Å². The fourth-order valence-electron chi connectivity index (χ4n) is 3.90.